The third-order valence-corrected chi connectivity index (χ3v) is 9.63. The van der Waals surface area contributed by atoms with Crippen LogP contribution in [0.3, 0.4) is 0 Å². The molecule has 11 heteroatoms. The Hall–Kier alpha value is -4.80. The fourth-order valence-electron chi connectivity index (χ4n) is 7.57. The second-order valence-corrected chi connectivity index (χ2v) is 12.6. The van der Waals surface area contributed by atoms with Gasteiger partial charge in [-0.05, 0) is 72.6 Å². The van der Waals surface area contributed by atoms with Crippen LogP contribution in [0.25, 0.3) is 11.1 Å². The van der Waals surface area contributed by atoms with Crippen molar-refractivity contribution in [1.82, 2.24) is 14.8 Å². The average Bonchev–Trinajstić information content (AvgIpc) is 3.30. The molecular formula is C36H42N4O7. The van der Waals surface area contributed by atoms with Gasteiger partial charge in [0.15, 0.2) is 11.5 Å². The number of rotatable bonds is 9. The summed E-state index contributed by atoms with van der Waals surface area (Å²) in [5.74, 6) is 1.83. The van der Waals surface area contributed by atoms with Crippen molar-refractivity contribution >= 4 is 17.5 Å². The van der Waals surface area contributed by atoms with Crippen LogP contribution in [0, 0.1) is 5.92 Å². The minimum absolute atomic E-state index is 0.0282. The highest BCUT2D eigenvalue weighted by molar-refractivity contribution is 5.84. The predicted octanol–water partition coefficient (Wildman–Crippen LogP) is 3.86. The molecule has 47 heavy (non-hydrogen) atoms. The number of benzene rings is 1. The van der Waals surface area contributed by atoms with Crippen molar-refractivity contribution in [3.05, 3.63) is 79.9 Å². The van der Waals surface area contributed by atoms with Crippen molar-refractivity contribution in [1.29, 1.82) is 0 Å². The van der Waals surface area contributed by atoms with Crippen LogP contribution >= 0.6 is 0 Å². The lowest BCUT2D eigenvalue weighted by Crippen LogP contribution is -2.49. The van der Waals surface area contributed by atoms with Gasteiger partial charge in [-0.2, -0.15) is 0 Å². The zero-order valence-electron chi connectivity index (χ0n) is 27.4. The van der Waals surface area contributed by atoms with E-state index in [0.717, 1.165) is 28.8 Å². The SMILES string of the molecule is COc1cc2c(c(OC)c1OC)-c1ccc(NCCCC(=O)N3CC4CC(C3)c3cccc(=O)n3C4)c(=O)cc1C(NC(C)=O)CC2. The minimum atomic E-state index is -0.392. The van der Waals surface area contributed by atoms with E-state index >= 15 is 0 Å². The monoisotopic (exact) mass is 642 g/mol. The first kappa shape index (κ1) is 32.2. The van der Waals surface area contributed by atoms with Gasteiger partial charge in [-0.25, -0.2) is 0 Å². The number of nitrogens with zero attached hydrogens (tertiary/aromatic N) is 2. The molecule has 3 aliphatic rings. The average molecular weight is 643 g/mol. The number of amides is 2. The standard InChI is InChI=1S/C36H42N4O7/c1-21(41)38-27-12-10-23-16-31(45-2)35(46-3)36(47-4)34(23)25-11-13-28(30(42)17-26(25)27)37-14-6-9-32(43)39-18-22-15-24(20-39)29-7-5-8-33(44)40(29)19-22/h5,7-8,11,13,16-17,22,24,27H,6,9-10,12,14-15,18-20H2,1-4H3,(H,37,42)(H,38,41). The first-order valence-electron chi connectivity index (χ1n) is 16.2. The first-order valence-corrected chi connectivity index (χ1v) is 16.2. The van der Waals surface area contributed by atoms with Crippen LogP contribution in [0.15, 0.2) is 52.1 Å². The maximum absolute atomic E-state index is 13.6. The Labute approximate surface area is 273 Å². The molecule has 1 aliphatic carbocycles. The molecule has 3 unspecified atom stereocenters. The number of fused-ring (bicyclic) bond motifs is 7. The number of piperidine rings is 1. The Morgan fingerprint density at radius 3 is 2.51 bits per heavy atom. The lowest BCUT2D eigenvalue weighted by Gasteiger charge is -2.42. The van der Waals surface area contributed by atoms with Crippen LogP contribution in [0.4, 0.5) is 5.69 Å². The summed E-state index contributed by atoms with van der Waals surface area (Å²) < 4.78 is 19.0. The van der Waals surface area contributed by atoms with Crippen LogP contribution in [0.1, 0.15) is 61.4 Å². The van der Waals surface area contributed by atoms with E-state index in [4.69, 9.17) is 14.2 Å². The Bertz CT molecular complexity index is 1820. The van der Waals surface area contributed by atoms with Crippen LogP contribution in [-0.2, 0) is 22.6 Å². The van der Waals surface area contributed by atoms with Gasteiger partial charge in [0.05, 0.1) is 33.1 Å². The maximum atomic E-state index is 13.6. The van der Waals surface area contributed by atoms with Gasteiger partial charge < -0.3 is 34.3 Å². The van der Waals surface area contributed by atoms with Gasteiger partial charge in [0, 0.05) is 62.8 Å². The fourth-order valence-corrected chi connectivity index (χ4v) is 7.57. The molecule has 0 spiro atoms. The number of hydrogen-bond donors (Lipinski definition) is 2. The lowest BCUT2D eigenvalue weighted by atomic mass is 9.83. The number of likely N-dealkylation sites (tertiary alicyclic amines) is 1. The number of anilines is 1. The number of carbonyl (C=O) groups excluding carboxylic acids is 2. The zero-order chi connectivity index (χ0) is 33.2. The normalized spacial score (nSPS) is 19.3. The predicted molar refractivity (Wildman–Crippen MR) is 179 cm³/mol. The van der Waals surface area contributed by atoms with Gasteiger partial charge in [0.25, 0.3) is 5.56 Å². The maximum Gasteiger partial charge on any atom is 0.250 e. The van der Waals surface area contributed by atoms with E-state index in [1.807, 2.05) is 27.7 Å². The first-order chi connectivity index (χ1) is 22.7. The lowest BCUT2D eigenvalue weighted by molar-refractivity contribution is -0.134. The van der Waals surface area contributed by atoms with Crippen LogP contribution in [-0.4, -0.2) is 62.2 Å². The minimum Gasteiger partial charge on any atom is -0.493 e. The van der Waals surface area contributed by atoms with Crippen LogP contribution in [0.5, 0.6) is 17.2 Å². The molecule has 3 atom stereocenters. The van der Waals surface area contributed by atoms with Crippen molar-refractivity contribution in [2.24, 2.45) is 5.92 Å². The van der Waals surface area contributed by atoms with Gasteiger partial charge in [0.2, 0.25) is 23.0 Å². The molecule has 1 aromatic heterocycles. The number of aromatic nitrogens is 1. The Morgan fingerprint density at radius 1 is 0.957 bits per heavy atom. The van der Waals surface area contributed by atoms with E-state index in [9.17, 15) is 19.2 Å². The molecule has 2 bridgehead atoms. The number of carbonyl (C=O) groups is 2. The summed E-state index contributed by atoms with van der Waals surface area (Å²) in [5.41, 5.74) is 4.43. The Kier molecular flexibility index (Phi) is 9.24. The Morgan fingerprint density at radius 2 is 1.77 bits per heavy atom. The van der Waals surface area contributed by atoms with Crippen molar-refractivity contribution in [3.8, 4) is 28.4 Å². The van der Waals surface area contributed by atoms with E-state index < -0.39 is 6.04 Å². The van der Waals surface area contributed by atoms with Crippen molar-refractivity contribution < 1.29 is 23.8 Å². The third kappa shape index (κ3) is 6.31. The fraction of sp³-hybridized carbons (Fsp3) is 0.444. The molecule has 1 fully saturated rings. The van der Waals surface area contributed by atoms with E-state index in [0.29, 0.717) is 80.4 Å². The highest BCUT2D eigenvalue weighted by Gasteiger charge is 2.36. The van der Waals surface area contributed by atoms with Crippen LogP contribution < -0.4 is 35.8 Å². The van der Waals surface area contributed by atoms with Gasteiger partial charge in [0.1, 0.15) is 0 Å². The van der Waals surface area contributed by atoms with Crippen LogP contribution in [0.2, 0.25) is 0 Å². The molecule has 2 aliphatic heterocycles. The van der Waals surface area contributed by atoms with Crippen molar-refractivity contribution in [3.63, 3.8) is 0 Å². The molecule has 1 saturated heterocycles. The molecule has 11 nitrogen and oxygen atoms in total. The van der Waals surface area contributed by atoms with E-state index in [-0.39, 0.29) is 34.6 Å². The summed E-state index contributed by atoms with van der Waals surface area (Å²) in [6.07, 6.45) is 3.10. The summed E-state index contributed by atoms with van der Waals surface area (Å²) in [5, 5.41) is 6.28. The number of hydrogen-bond acceptors (Lipinski definition) is 8. The van der Waals surface area contributed by atoms with Gasteiger partial charge in [-0.1, -0.05) is 12.1 Å². The van der Waals surface area contributed by atoms with Gasteiger partial charge in [-0.15, -0.1) is 0 Å². The molecule has 2 amide bonds. The quantitative estimate of drug-likeness (QED) is 0.337. The third-order valence-electron chi connectivity index (χ3n) is 9.63. The summed E-state index contributed by atoms with van der Waals surface area (Å²) in [7, 11) is 4.69. The molecule has 2 aromatic carbocycles. The molecular weight excluding hydrogens is 600 g/mol. The summed E-state index contributed by atoms with van der Waals surface area (Å²) >= 11 is 0. The molecule has 6 rings (SSSR count). The summed E-state index contributed by atoms with van der Waals surface area (Å²) in [6, 6.07) is 12.2. The van der Waals surface area contributed by atoms with Gasteiger partial charge >= 0.3 is 0 Å². The van der Waals surface area contributed by atoms with Crippen molar-refractivity contribution in [2.75, 3.05) is 46.3 Å². The number of aryl methyl sites for hydroxylation is 1. The second-order valence-electron chi connectivity index (χ2n) is 12.6. The summed E-state index contributed by atoms with van der Waals surface area (Å²) in [6.45, 7) is 3.84. The molecule has 2 N–H and O–H groups in total. The summed E-state index contributed by atoms with van der Waals surface area (Å²) in [4.78, 5) is 53.3. The molecule has 248 valence electrons. The number of pyridine rings is 1. The van der Waals surface area contributed by atoms with E-state index in [2.05, 4.69) is 10.6 Å². The van der Waals surface area contributed by atoms with E-state index in [1.165, 1.54) is 6.92 Å². The largest absolute Gasteiger partial charge is 0.493 e. The number of nitrogens with one attached hydrogen (secondary N) is 2. The number of methoxy groups -OCH3 is 3. The molecule has 0 saturated carbocycles. The highest BCUT2D eigenvalue weighted by atomic mass is 16.5. The molecule has 3 heterocycles. The zero-order valence-corrected chi connectivity index (χ0v) is 27.4. The topological polar surface area (TPSA) is 128 Å². The number of ether oxygens (including phenoxy) is 3. The van der Waals surface area contributed by atoms with Crippen molar-refractivity contribution in [2.45, 2.75) is 57.5 Å². The Balaban J connectivity index is 1.20. The van der Waals surface area contributed by atoms with E-state index in [1.54, 1.807) is 45.6 Å². The molecule has 3 aromatic rings. The highest BCUT2D eigenvalue weighted by Crippen LogP contribution is 2.50. The second kappa shape index (κ2) is 13.5. The van der Waals surface area contributed by atoms with Gasteiger partial charge in [-0.3, -0.25) is 19.2 Å². The smallest absolute Gasteiger partial charge is 0.250 e. The molecule has 0 radical (unpaired) electrons.